The van der Waals surface area contributed by atoms with Gasteiger partial charge in [-0.05, 0) is 33.4 Å². The average Bonchev–Trinajstić information content (AvgIpc) is 2.34. The summed E-state index contributed by atoms with van der Waals surface area (Å²) < 4.78 is 5.96. The molecule has 1 aliphatic rings. The van der Waals surface area contributed by atoms with Crippen LogP contribution >= 0.6 is 0 Å². The minimum atomic E-state index is -0.120. The fourth-order valence-electron chi connectivity index (χ4n) is 2.73. The van der Waals surface area contributed by atoms with E-state index in [1.807, 2.05) is 12.3 Å². The summed E-state index contributed by atoms with van der Waals surface area (Å²) in [7, 11) is 0. The summed E-state index contributed by atoms with van der Waals surface area (Å²) in [6.07, 6.45) is 2.11. The molecule has 0 amide bonds. The summed E-state index contributed by atoms with van der Waals surface area (Å²) in [6.45, 7) is 12.2. The Hall–Kier alpha value is -1.13. The van der Waals surface area contributed by atoms with Gasteiger partial charge < -0.3 is 15.0 Å². The molecule has 1 fully saturated rings. The zero-order valence-corrected chi connectivity index (χ0v) is 12.4. The molecule has 1 N–H and O–H groups in total. The lowest BCUT2D eigenvalue weighted by Gasteiger charge is -2.42. The van der Waals surface area contributed by atoms with E-state index in [0.717, 1.165) is 32.0 Å². The Balaban J connectivity index is 2.20. The van der Waals surface area contributed by atoms with E-state index in [1.165, 1.54) is 5.56 Å². The van der Waals surface area contributed by atoms with Crippen LogP contribution in [0.1, 0.15) is 33.3 Å². The molecule has 1 unspecified atom stereocenters. The third-order valence-electron chi connectivity index (χ3n) is 3.30. The van der Waals surface area contributed by atoms with Gasteiger partial charge in [0.2, 0.25) is 0 Å². The maximum Gasteiger partial charge on any atom is 0.133 e. The second-order valence-electron chi connectivity index (χ2n) is 5.84. The van der Waals surface area contributed by atoms with Gasteiger partial charge in [-0.1, -0.05) is 13.0 Å². The summed E-state index contributed by atoms with van der Waals surface area (Å²) in [6, 6.07) is 4.16. The van der Waals surface area contributed by atoms with Gasteiger partial charge in [-0.25, -0.2) is 4.98 Å². The Bertz CT molecular complexity index is 420. The summed E-state index contributed by atoms with van der Waals surface area (Å²) in [5.74, 6) is 1.09. The minimum Gasteiger partial charge on any atom is -0.369 e. The Kier molecular flexibility index (Phi) is 4.42. The van der Waals surface area contributed by atoms with Crippen LogP contribution in [0.5, 0.6) is 0 Å². The third kappa shape index (κ3) is 3.67. The van der Waals surface area contributed by atoms with Crippen molar-refractivity contribution in [3.63, 3.8) is 0 Å². The molecule has 106 valence electrons. The highest BCUT2D eigenvalue weighted by atomic mass is 16.5. The molecule has 0 aromatic carbocycles. The number of aromatic nitrogens is 1. The van der Waals surface area contributed by atoms with Crippen LogP contribution in [-0.4, -0.2) is 36.3 Å². The standard InChI is InChI=1S/C15H25N3O/c1-5-16-9-13-7-6-8-17-14(13)18-10-12(2)19-15(3,4)11-18/h6-8,12,16H,5,9-11H2,1-4H3. The van der Waals surface area contributed by atoms with Gasteiger partial charge in [0, 0.05) is 31.4 Å². The number of rotatable bonds is 4. The van der Waals surface area contributed by atoms with Crippen molar-refractivity contribution in [3.05, 3.63) is 23.9 Å². The SMILES string of the molecule is CCNCc1cccnc1N1CC(C)OC(C)(C)C1. The van der Waals surface area contributed by atoms with E-state index in [4.69, 9.17) is 4.74 Å². The van der Waals surface area contributed by atoms with Crippen molar-refractivity contribution in [3.8, 4) is 0 Å². The van der Waals surface area contributed by atoms with E-state index in [2.05, 4.69) is 49.0 Å². The number of pyridine rings is 1. The van der Waals surface area contributed by atoms with E-state index < -0.39 is 0 Å². The Morgan fingerprint density at radius 1 is 1.53 bits per heavy atom. The summed E-state index contributed by atoms with van der Waals surface area (Å²) in [5.41, 5.74) is 1.14. The molecule has 4 heteroatoms. The van der Waals surface area contributed by atoms with Crippen LogP contribution in [0.3, 0.4) is 0 Å². The van der Waals surface area contributed by atoms with Crippen LogP contribution in [0.4, 0.5) is 5.82 Å². The van der Waals surface area contributed by atoms with Crippen LogP contribution in [0.25, 0.3) is 0 Å². The molecule has 1 aliphatic heterocycles. The maximum atomic E-state index is 5.96. The first kappa shape index (κ1) is 14.3. The number of nitrogens with zero attached hydrogens (tertiary/aromatic N) is 2. The number of ether oxygens (including phenoxy) is 1. The van der Waals surface area contributed by atoms with Gasteiger partial charge >= 0.3 is 0 Å². The van der Waals surface area contributed by atoms with Crippen molar-refractivity contribution in [1.29, 1.82) is 0 Å². The van der Waals surface area contributed by atoms with Gasteiger partial charge in [0.05, 0.1) is 11.7 Å². The number of anilines is 1. The van der Waals surface area contributed by atoms with Crippen molar-refractivity contribution in [2.24, 2.45) is 0 Å². The second kappa shape index (κ2) is 5.88. The van der Waals surface area contributed by atoms with E-state index >= 15 is 0 Å². The molecule has 4 nitrogen and oxygen atoms in total. The van der Waals surface area contributed by atoms with Crippen molar-refractivity contribution in [2.75, 3.05) is 24.5 Å². The van der Waals surface area contributed by atoms with Gasteiger partial charge in [0.15, 0.2) is 0 Å². The maximum absolute atomic E-state index is 5.96. The second-order valence-corrected chi connectivity index (χ2v) is 5.84. The molecule has 2 rings (SSSR count). The van der Waals surface area contributed by atoms with Crippen LogP contribution in [0, 0.1) is 0 Å². The number of nitrogens with one attached hydrogen (secondary N) is 1. The molecular weight excluding hydrogens is 238 g/mol. The van der Waals surface area contributed by atoms with Crippen molar-refractivity contribution < 1.29 is 4.74 Å². The van der Waals surface area contributed by atoms with Crippen LogP contribution in [0.15, 0.2) is 18.3 Å². The van der Waals surface area contributed by atoms with Gasteiger partial charge in [-0.15, -0.1) is 0 Å². The summed E-state index contributed by atoms with van der Waals surface area (Å²) in [4.78, 5) is 6.93. The highest BCUT2D eigenvalue weighted by molar-refractivity contribution is 5.47. The van der Waals surface area contributed by atoms with Crippen molar-refractivity contribution >= 4 is 5.82 Å². The first-order valence-corrected chi connectivity index (χ1v) is 7.09. The Morgan fingerprint density at radius 2 is 2.32 bits per heavy atom. The largest absolute Gasteiger partial charge is 0.369 e. The number of hydrogen-bond donors (Lipinski definition) is 1. The summed E-state index contributed by atoms with van der Waals surface area (Å²) in [5, 5.41) is 3.38. The molecule has 0 saturated carbocycles. The van der Waals surface area contributed by atoms with Gasteiger partial charge in [-0.3, -0.25) is 0 Å². The van der Waals surface area contributed by atoms with E-state index in [1.54, 1.807) is 0 Å². The van der Waals surface area contributed by atoms with Crippen LogP contribution in [0.2, 0.25) is 0 Å². The highest BCUT2D eigenvalue weighted by Crippen LogP contribution is 2.26. The van der Waals surface area contributed by atoms with Crippen LogP contribution in [-0.2, 0) is 11.3 Å². The minimum absolute atomic E-state index is 0.120. The lowest BCUT2D eigenvalue weighted by Crippen LogP contribution is -2.52. The zero-order valence-electron chi connectivity index (χ0n) is 12.4. The molecule has 1 aromatic heterocycles. The lowest BCUT2D eigenvalue weighted by molar-refractivity contribution is -0.0752. The molecule has 0 radical (unpaired) electrons. The molecule has 1 aromatic rings. The van der Waals surface area contributed by atoms with E-state index in [0.29, 0.717) is 0 Å². The van der Waals surface area contributed by atoms with Gasteiger partial charge in [0.1, 0.15) is 5.82 Å². The number of hydrogen-bond acceptors (Lipinski definition) is 4. The van der Waals surface area contributed by atoms with E-state index in [9.17, 15) is 0 Å². The average molecular weight is 263 g/mol. The molecule has 0 spiro atoms. The first-order chi connectivity index (χ1) is 9.02. The molecular formula is C15H25N3O. The third-order valence-corrected chi connectivity index (χ3v) is 3.30. The van der Waals surface area contributed by atoms with Crippen LogP contribution < -0.4 is 10.2 Å². The smallest absolute Gasteiger partial charge is 0.133 e. The fourth-order valence-corrected chi connectivity index (χ4v) is 2.73. The molecule has 0 aliphatic carbocycles. The first-order valence-electron chi connectivity index (χ1n) is 7.09. The topological polar surface area (TPSA) is 37.4 Å². The lowest BCUT2D eigenvalue weighted by atomic mass is 10.0. The highest BCUT2D eigenvalue weighted by Gasteiger charge is 2.32. The molecule has 1 saturated heterocycles. The quantitative estimate of drug-likeness (QED) is 0.903. The normalized spacial score (nSPS) is 22.5. The molecule has 2 heterocycles. The van der Waals surface area contributed by atoms with Crippen molar-refractivity contribution in [2.45, 2.75) is 45.9 Å². The Morgan fingerprint density at radius 3 is 3.00 bits per heavy atom. The molecule has 0 bridgehead atoms. The van der Waals surface area contributed by atoms with Gasteiger partial charge in [-0.2, -0.15) is 0 Å². The van der Waals surface area contributed by atoms with Crippen molar-refractivity contribution in [1.82, 2.24) is 10.3 Å². The molecule has 1 atom stereocenters. The number of morpholine rings is 1. The zero-order chi connectivity index (χ0) is 13.9. The summed E-state index contributed by atoms with van der Waals surface area (Å²) >= 11 is 0. The fraction of sp³-hybridized carbons (Fsp3) is 0.667. The van der Waals surface area contributed by atoms with E-state index in [-0.39, 0.29) is 11.7 Å². The van der Waals surface area contributed by atoms with Gasteiger partial charge in [0.25, 0.3) is 0 Å². The predicted octanol–water partition coefficient (Wildman–Crippen LogP) is 2.19. The monoisotopic (exact) mass is 263 g/mol. The molecule has 19 heavy (non-hydrogen) atoms. The Labute approximate surface area is 116 Å². The predicted molar refractivity (Wildman–Crippen MR) is 78.5 cm³/mol.